The normalized spacial score (nSPS) is 13.3. The van der Waals surface area contributed by atoms with E-state index in [-0.39, 0.29) is 29.2 Å². The Bertz CT molecular complexity index is 553. The summed E-state index contributed by atoms with van der Waals surface area (Å²) in [6.07, 6.45) is 1.13. The molecule has 1 aromatic carbocycles. The highest BCUT2D eigenvalue weighted by Gasteiger charge is 2.20. The fourth-order valence-corrected chi connectivity index (χ4v) is 2.39. The van der Waals surface area contributed by atoms with Crippen LogP contribution in [0.5, 0.6) is 0 Å². The van der Waals surface area contributed by atoms with E-state index in [1.54, 1.807) is 12.1 Å². The van der Waals surface area contributed by atoms with Gasteiger partial charge < -0.3 is 11.1 Å². The van der Waals surface area contributed by atoms with Crippen LogP contribution in [0.3, 0.4) is 0 Å². The zero-order chi connectivity index (χ0) is 14.6. The van der Waals surface area contributed by atoms with E-state index in [1.165, 1.54) is 12.1 Å². The van der Waals surface area contributed by atoms with Crippen molar-refractivity contribution < 1.29 is 13.2 Å². The molecule has 0 aliphatic rings. The summed E-state index contributed by atoms with van der Waals surface area (Å²) >= 11 is 0. The van der Waals surface area contributed by atoms with Crippen molar-refractivity contribution in [2.45, 2.75) is 18.7 Å². The van der Waals surface area contributed by atoms with Crippen molar-refractivity contribution in [1.29, 1.82) is 0 Å². The predicted octanol–water partition coefficient (Wildman–Crippen LogP) is 1.26. The maximum Gasteiger partial charge on any atom is 0.229 e. The van der Waals surface area contributed by atoms with Gasteiger partial charge in [0.25, 0.3) is 0 Å². The molecular formula is C13H20N2O3S. The lowest BCUT2D eigenvalue weighted by atomic mass is 9.95. The van der Waals surface area contributed by atoms with Gasteiger partial charge in [-0.1, -0.05) is 19.9 Å². The quantitative estimate of drug-likeness (QED) is 0.852. The Morgan fingerprint density at radius 1 is 1.37 bits per heavy atom. The zero-order valence-corrected chi connectivity index (χ0v) is 12.2. The highest BCUT2D eigenvalue weighted by Crippen LogP contribution is 2.17. The molecule has 0 spiro atoms. The number of nitrogens with two attached hydrogens (primary N) is 1. The summed E-state index contributed by atoms with van der Waals surface area (Å²) in [5.41, 5.74) is 6.04. The Morgan fingerprint density at radius 2 is 2.00 bits per heavy atom. The minimum absolute atomic E-state index is 0.128. The van der Waals surface area contributed by atoms with Gasteiger partial charge in [-0.05, 0) is 24.1 Å². The molecule has 6 heteroatoms. The van der Waals surface area contributed by atoms with Gasteiger partial charge in [0, 0.05) is 18.5 Å². The number of nitrogens with one attached hydrogen (secondary N) is 1. The molecule has 1 aromatic rings. The van der Waals surface area contributed by atoms with Crippen molar-refractivity contribution in [2.75, 3.05) is 18.1 Å². The van der Waals surface area contributed by atoms with Crippen LogP contribution in [0.15, 0.2) is 29.2 Å². The maximum atomic E-state index is 12.0. The second kappa shape index (κ2) is 6.16. The molecule has 5 nitrogen and oxygen atoms in total. The number of carbonyl (C=O) groups excluding carboxylic acids is 1. The van der Waals surface area contributed by atoms with Crippen LogP contribution in [0.25, 0.3) is 0 Å². The molecular weight excluding hydrogens is 264 g/mol. The van der Waals surface area contributed by atoms with Gasteiger partial charge in [-0.15, -0.1) is 0 Å². The van der Waals surface area contributed by atoms with Gasteiger partial charge in [0.1, 0.15) is 0 Å². The van der Waals surface area contributed by atoms with E-state index in [2.05, 4.69) is 5.32 Å². The van der Waals surface area contributed by atoms with Gasteiger partial charge in [0.05, 0.1) is 10.8 Å². The van der Waals surface area contributed by atoms with Crippen LogP contribution < -0.4 is 11.1 Å². The van der Waals surface area contributed by atoms with Crippen LogP contribution >= 0.6 is 0 Å². The minimum Gasteiger partial charge on any atom is -0.330 e. The first kappa shape index (κ1) is 15.7. The van der Waals surface area contributed by atoms with E-state index in [9.17, 15) is 13.2 Å². The van der Waals surface area contributed by atoms with Gasteiger partial charge in [-0.2, -0.15) is 0 Å². The number of hydrogen-bond acceptors (Lipinski definition) is 4. The Labute approximate surface area is 114 Å². The summed E-state index contributed by atoms with van der Waals surface area (Å²) in [5.74, 6) is -0.354. The molecule has 1 amide bonds. The summed E-state index contributed by atoms with van der Waals surface area (Å²) in [6.45, 7) is 4.10. The average Bonchev–Trinajstić information content (AvgIpc) is 2.28. The second-order valence-corrected chi connectivity index (χ2v) is 6.89. The van der Waals surface area contributed by atoms with Crippen molar-refractivity contribution >= 4 is 21.4 Å². The molecule has 1 rings (SSSR count). The smallest absolute Gasteiger partial charge is 0.229 e. The van der Waals surface area contributed by atoms with Gasteiger partial charge in [-0.25, -0.2) is 8.42 Å². The number of carbonyl (C=O) groups is 1. The monoisotopic (exact) mass is 284 g/mol. The molecule has 0 aliphatic carbocycles. The molecule has 1 unspecified atom stereocenters. The number of hydrogen-bond donors (Lipinski definition) is 2. The van der Waals surface area contributed by atoms with Crippen molar-refractivity contribution in [1.82, 2.24) is 0 Å². The number of anilines is 1. The highest BCUT2D eigenvalue weighted by atomic mass is 32.2. The summed E-state index contributed by atoms with van der Waals surface area (Å²) < 4.78 is 22.9. The van der Waals surface area contributed by atoms with E-state index in [1.807, 2.05) is 13.8 Å². The third kappa shape index (κ3) is 4.33. The van der Waals surface area contributed by atoms with Crippen LogP contribution in [0.1, 0.15) is 13.8 Å². The van der Waals surface area contributed by atoms with Crippen LogP contribution in [0.2, 0.25) is 0 Å². The van der Waals surface area contributed by atoms with Crippen LogP contribution in [-0.4, -0.2) is 27.1 Å². The fraction of sp³-hybridized carbons (Fsp3) is 0.462. The summed E-state index contributed by atoms with van der Waals surface area (Å²) in [6, 6.07) is 6.19. The van der Waals surface area contributed by atoms with Gasteiger partial charge in [0.15, 0.2) is 9.84 Å². The first-order valence-corrected chi connectivity index (χ1v) is 7.96. The topological polar surface area (TPSA) is 89.3 Å². The predicted molar refractivity (Wildman–Crippen MR) is 75.6 cm³/mol. The first-order chi connectivity index (χ1) is 8.75. The second-order valence-electron chi connectivity index (χ2n) is 4.88. The zero-order valence-electron chi connectivity index (χ0n) is 11.4. The largest absolute Gasteiger partial charge is 0.330 e. The van der Waals surface area contributed by atoms with Crippen LogP contribution in [0, 0.1) is 11.8 Å². The molecule has 0 aromatic heterocycles. The van der Waals surface area contributed by atoms with Gasteiger partial charge in [-0.3, -0.25) is 4.79 Å². The number of rotatable bonds is 5. The molecule has 0 bridgehead atoms. The minimum atomic E-state index is -3.28. The molecule has 0 saturated heterocycles. The van der Waals surface area contributed by atoms with Gasteiger partial charge >= 0.3 is 0 Å². The van der Waals surface area contributed by atoms with E-state index in [0.29, 0.717) is 5.69 Å². The van der Waals surface area contributed by atoms with Crippen molar-refractivity contribution in [3.8, 4) is 0 Å². The SMILES string of the molecule is CC(C)C(CN)C(=O)Nc1cccc(S(C)(=O)=O)c1. The summed E-state index contributed by atoms with van der Waals surface area (Å²) in [4.78, 5) is 12.2. The lowest BCUT2D eigenvalue weighted by Gasteiger charge is -2.18. The van der Waals surface area contributed by atoms with Crippen molar-refractivity contribution in [2.24, 2.45) is 17.6 Å². The Balaban J connectivity index is 2.92. The van der Waals surface area contributed by atoms with Crippen LogP contribution in [0.4, 0.5) is 5.69 Å². The molecule has 3 N–H and O–H groups in total. The molecule has 0 heterocycles. The Kier molecular flexibility index (Phi) is 5.08. The van der Waals surface area contributed by atoms with E-state index < -0.39 is 9.84 Å². The van der Waals surface area contributed by atoms with E-state index in [4.69, 9.17) is 5.73 Å². The van der Waals surface area contributed by atoms with Gasteiger partial charge in [0.2, 0.25) is 5.91 Å². The standard InChI is InChI=1S/C13H20N2O3S/c1-9(2)12(8-14)13(16)15-10-5-4-6-11(7-10)19(3,17)18/h4-7,9,12H,8,14H2,1-3H3,(H,15,16). The van der Waals surface area contributed by atoms with Crippen molar-refractivity contribution in [3.63, 3.8) is 0 Å². The molecule has 1 atom stereocenters. The molecule has 0 fully saturated rings. The number of sulfone groups is 1. The number of benzene rings is 1. The molecule has 0 radical (unpaired) electrons. The summed E-state index contributed by atoms with van der Waals surface area (Å²) in [7, 11) is -3.28. The lowest BCUT2D eigenvalue weighted by molar-refractivity contribution is -0.120. The first-order valence-electron chi connectivity index (χ1n) is 6.06. The fourth-order valence-electron chi connectivity index (χ4n) is 1.72. The van der Waals surface area contributed by atoms with Crippen molar-refractivity contribution in [3.05, 3.63) is 24.3 Å². The third-order valence-corrected chi connectivity index (χ3v) is 4.04. The van der Waals surface area contributed by atoms with Crippen LogP contribution in [-0.2, 0) is 14.6 Å². The molecule has 0 aliphatic heterocycles. The Morgan fingerprint density at radius 3 is 2.47 bits per heavy atom. The number of amides is 1. The molecule has 19 heavy (non-hydrogen) atoms. The van der Waals surface area contributed by atoms with E-state index in [0.717, 1.165) is 6.26 Å². The third-order valence-electron chi connectivity index (χ3n) is 2.93. The van der Waals surface area contributed by atoms with E-state index >= 15 is 0 Å². The molecule has 0 saturated carbocycles. The molecule has 106 valence electrons. The average molecular weight is 284 g/mol. The maximum absolute atomic E-state index is 12.0. The Hall–Kier alpha value is -1.40. The lowest BCUT2D eigenvalue weighted by Crippen LogP contribution is -2.33. The summed E-state index contributed by atoms with van der Waals surface area (Å²) in [5, 5.41) is 2.70. The highest BCUT2D eigenvalue weighted by molar-refractivity contribution is 7.90.